The van der Waals surface area contributed by atoms with E-state index in [4.69, 9.17) is 9.84 Å². The van der Waals surface area contributed by atoms with Crippen molar-refractivity contribution in [1.29, 1.82) is 0 Å². The molecule has 0 bridgehead atoms. The first-order valence-electron chi connectivity index (χ1n) is 6.73. The largest absolute Gasteiger partial charge is 0.481 e. The van der Waals surface area contributed by atoms with Crippen molar-refractivity contribution in [3.8, 4) is 0 Å². The van der Waals surface area contributed by atoms with Crippen molar-refractivity contribution in [3.63, 3.8) is 0 Å². The van der Waals surface area contributed by atoms with Crippen LogP contribution in [0.15, 0.2) is 18.2 Å². The van der Waals surface area contributed by atoms with Gasteiger partial charge in [-0.15, -0.1) is 11.3 Å². The predicted molar refractivity (Wildman–Crippen MR) is 84.3 cm³/mol. The second-order valence-electron chi connectivity index (χ2n) is 4.82. The first kappa shape index (κ1) is 17.2. The van der Waals surface area contributed by atoms with Crippen LogP contribution in [0.2, 0.25) is 0 Å². The first-order chi connectivity index (χ1) is 9.85. The highest BCUT2D eigenvalue weighted by molar-refractivity contribution is 7.16. The van der Waals surface area contributed by atoms with E-state index in [1.807, 2.05) is 18.7 Å². The number of carboxylic acid groups (broad SMARTS) is 1. The molecular formula is C15H21NO4S. The van der Waals surface area contributed by atoms with E-state index >= 15 is 0 Å². The van der Waals surface area contributed by atoms with Crippen molar-refractivity contribution in [3.05, 3.63) is 28.7 Å². The van der Waals surface area contributed by atoms with Gasteiger partial charge < -0.3 is 14.7 Å². The monoisotopic (exact) mass is 311 g/mol. The number of carbonyl (C=O) groups is 2. The van der Waals surface area contributed by atoms with Gasteiger partial charge in [0, 0.05) is 18.0 Å². The molecule has 21 heavy (non-hydrogen) atoms. The molecule has 1 aromatic heterocycles. The number of hydrogen-bond donors (Lipinski definition) is 1. The van der Waals surface area contributed by atoms with Crippen LogP contribution in [0.1, 0.15) is 35.5 Å². The highest BCUT2D eigenvalue weighted by atomic mass is 32.1. The van der Waals surface area contributed by atoms with E-state index in [2.05, 4.69) is 6.58 Å². The zero-order valence-electron chi connectivity index (χ0n) is 12.6. The SMILES string of the molecule is C=C(C)CN(CCC(=O)O)c1sc(C)cc1C(=O)OCC. The summed E-state index contributed by atoms with van der Waals surface area (Å²) in [6, 6.07) is 1.78. The summed E-state index contributed by atoms with van der Waals surface area (Å²) in [5.41, 5.74) is 1.40. The number of hydrogen-bond acceptors (Lipinski definition) is 5. The minimum Gasteiger partial charge on any atom is -0.481 e. The fourth-order valence-electron chi connectivity index (χ4n) is 1.90. The summed E-state index contributed by atoms with van der Waals surface area (Å²) in [4.78, 5) is 25.7. The van der Waals surface area contributed by atoms with Crippen LogP contribution < -0.4 is 4.90 Å². The molecule has 5 nitrogen and oxygen atoms in total. The third-order valence-corrected chi connectivity index (χ3v) is 3.79. The van der Waals surface area contributed by atoms with Crippen molar-refractivity contribution in [1.82, 2.24) is 0 Å². The van der Waals surface area contributed by atoms with E-state index in [0.717, 1.165) is 15.5 Å². The van der Waals surface area contributed by atoms with Gasteiger partial charge in [0.15, 0.2) is 0 Å². The van der Waals surface area contributed by atoms with Crippen LogP contribution in [0.5, 0.6) is 0 Å². The quantitative estimate of drug-likeness (QED) is 0.590. The van der Waals surface area contributed by atoms with Gasteiger partial charge in [-0.3, -0.25) is 4.79 Å². The lowest BCUT2D eigenvalue weighted by Crippen LogP contribution is -2.28. The Morgan fingerprint density at radius 3 is 2.67 bits per heavy atom. The summed E-state index contributed by atoms with van der Waals surface area (Å²) in [5.74, 6) is -1.24. The number of aryl methyl sites for hydroxylation is 1. The number of carbonyl (C=O) groups excluding carboxylic acids is 1. The van der Waals surface area contributed by atoms with E-state index in [1.54, 1.807) is 13.0 Å². The van der Waals surface area contributed by atoms with Crippen molar-refractivity contribution in [2.45, 2.75) is 27.2 Å². The first-order valence-corrected chi connectivity index (χ1v) is 7.55. The van der Waals surface area contributed by atoms with Gasteiger partial charge in [-0.2, -0.15) is 0 Å². The molecule has 0 spiro atoms. The van der Waals surface area contributed by atoms with Gasteiger partial charge >= 0.3 is 11.9 Å². The lowest BCUT2D eigenvalue weighted by molar-refractivity contribution is -0.136. The lowest BCUT2D eigenvalue weighted by atomic mass is 10.2. The summed E-state index contributed by atoms with van der Waals surface area (Å²) < 4.78 is 5.06. The summed E-state index contributed by atoms with van der Waals surface area (Å²) in [5, 5.41) is 9.62. The highest BCUT2D eigenvalue weighted by Gasteiger charge is 2.21. The summed E-state index contributed by atoms with van der Waals surface area (Å²) in [7, 11) is 0. The maximum Gasteiger partial charge on any atom is 0.341 e. The highest BCUT2D eigenvalue weighted by Crippen LogP contribution is 2.32. The molecule has 0 aromatic carbocycles. The fraction of sp³-hybridized carbons (Fsp3) is 0.467. The van der Waals surface area contributed by atoms with Gasteiger partial charge in [0.2, 0.25) is 0 Å². The zero-order valence-corrected chi connectivity index (χ0v) is 13.5. The molecule has 0 unspecified atom stereocenters. The molecule has 0 atom stereocenters. The minimum absolute atomic E-state index is 0.00644. The molecule has 116 valence electrons. The molecule has 0 amide bonds. The molecule has 0 aliphatic rings. The molecule has 0 saturated heterocycles. The van der Waals surface area contributed by atoms with Gasteiger partial charge in [-0.25, -0.2) is 4.79 Å². The molecule has 0 aliphatic carbocycles. The van der Waals surface area contributed by atoms with Gasteiger partial charge in [0.1, 0.15) is 5.00 Å². The normalized spacial score (nSPS) is 10.2. The third-order valence-electron chi connectivity index (χ3n) is 2.67. The van der Waals surface area contributed by atoms with Crippen molar-refractivity contribution < 1.29 is 19.4 Å². The molecule has 1 aromatic rings. The number of anilines is 1. The van der Waals surface area contributed by atoms with Crippen LogP contribution in [-0.2, 0) is 9.53 Å². The van der Waals surface area contributed by atoms with Gasteiger partial charge in [-0.1, -0.05) is 12.2 Å². The Kier molecular flexibility index (Phi) is 6.42. The zero-order chi connectivity index (χ0) is 16.0. The van der Waals surface area contributed by atoms with Crippen molar-refractivity contribution >= 4 is 28.3 Å². The fourth-order valence-corrected chi connectivity index (χ4v) is 2.92. The van der Waals surface area contributed by atoms with Gasteiger partial charge in [0.25, 0.3) is 0 Å². The van der Waals surface area contributed by atoms with Crippen LogP contribution in [0.4, 0.5) is 5.00 Å². The molecule has 0 saturated carbocycles. The Morgan fingerprint density at radius 2 is 2.14 bits per heavy atom. The van der Waals surface area contributed by atoms with Crippen molar-refractivity contribution in [2.75, 3.05) is 24.6 Å². The maximum atomic E-state index is 12.0. The van der Waals surface area contributed by atoms with Crippen molar-refractivity contribution in [2.24, 2.45) is 0 Å². The van der Waals surface area contributed by atoms with Crippen LogP contribution in [-0.4, -0.2) is 36.7 Å². The molecule has 0 aliphatic heterocycles. The Balaban J connectivity index is 3.07. The number of carboxylic acids is 1. The second kappa shape index (κ2) is 7.83. The third kappa shape index (κ3) is 5.23. The van der Waals surface area contributed by atoms with Crippen LogP contribution in [0, 0.1) is 6.92 Å². The van der Waals surface area contributed by atoms with E-state index in [1.165, 1.54) is 11.3 Å². The minimum atomic E-state index is -0.868. The molecular weight excluding hydrogens is 290 g/mol. The maximum absolute atomic E-state index is 12.0. The van der Waals surface area contributed by atoms with E-state index in [-0.39, 0.29) is 12.4 Å². The van der Waals surface area contributed by atoms with E-state index in [0.29, 0.717) is 25.3 Å². The number of nitrogens with zero attached hydrogens (tertiary/aromatic N) is 1. The van der Waals surface area contributed by atoms with E-state index in [9.17, 15) is 9.59 Å². The topological polar surface area (TPSA) is 66.8 Å². The predicted octanol–water partition coefficient (Wildman–Crippen LogP) is 3.09. The molecule has 6 heteroatoms. The number of thiophene rings is 1. The van der Waals surface area contributed by atoms with E-state index < -0.39 is 5.97 Å². The number of aliphatic carboxylic acids is 1. The number of rotatable bonds is 8. The summed E-state index contributed by atoms with van der Waals surface area (Å²) in [6.07, 6.45) is 0.00644. The second-order valence-corrected chi connectivity index (χ2v) is 6.05. The van der Waals surface area contributed by atoms with Gasteiger partial charge in [-0.05, 0) is 26.8 Å². The average molecular weight is 311 g/mol. The van der Waals surface area contributed by atoms with Gasteiger partial charge in [0.05, 0.1) is 18.6 Å². The molecule has 1 N–H and O–H groups in total. The van der Waals surface area contributed by atoms with Crippen LogP contribution in [0.3, 0.4) is 0 Å². The Hall–Kier alpha value is -1.82. The summed E-state index contributed by atoms with van der Waals surface area (Å²) in [6.45, 7) is 10.6. The molecule has 0 radical (unpaired) electrons. The Bertz CT molecular complexity index is 536. The molecule has 1 rings (SSSR count). The Morgan fingerprint density at radius 1 is 1.48 bits per heavy atom. The standard InChI is InChI=1S/C15H21NO4S/c1-5-20-15(19)12-8-11(4)21-14(12)16(9-10(2)3)7-6-13(17)18/h8H,2,5-7,9H2,1,3-4H3,(H,17,18). The Labute approximate surface area is 128 Å². The van der Waals surface area contributed by atoms with Crippen LogP contribution in [0.25, 0.3) is 0 Å². The molecule has 1 heterocycles. The molecule has 0 fully saturated rings. The number of ether oxygens (including phenoxy) is 1. The summed E-state index contributed by atoms with van der Waals surface area (Å²) >= 11 is 1.46. The van der Waals surface area contributed by atoms with Crippen LogP contribution >= 0.6 is 11.3 Å². The average Bonchev–Trinajstić information content (AvgIpc) is 2.76. The lowest BCUT2D eigenvalue weighted by Gasteiger charge is -2.23. The smallest absolute Gasteiger partial charge is 0.341 e. The number of esters is 1.